The van der Waals surface area contributed by atoms with E-state index < -0.39 is 22.2 Å². The smallest absolute Gasteiger partial charge is 0.241 e. The fourth-order valence-electron chi connectivity index (χ4n) is 4.91. The van der Waals surface area contributed by atoms with E-state index in [-0.39, 0.29) is 23.6 Å². The topological polar surface area (TPSA) is 111 Å². The molecule has 4 aromatic rings. The Labute approximate surface area is 208 Å². The third-order valence-corrected chi connectivity index (χ3v) is 8.30. The predicted molar refractivity (Wildman–Crippen MR) is 134 cm³/mol. The van der Waals surface area contributed by atoms with E-state index in [9.17, 15) is 8.42 Å². The molecular formula is C25H26N6O4S. The van der Waals surface area contributed by atoms with Gasteiger partial charge in [-0.2, -0.15) is 0 Å². The molecule has 2 aliphatic rings. The summed E-state index contributed by atoms with van der Waals surface area (Å²) in [7, 11) is 0.198. The van der Waals surface area contributed by atoms with E-state index in [2.05, 4.69) is 20.2 Å². The van der Waals surface area contributed by atoms with Gasteiger partial charge >= 0.3 is 0 Å². The summed E-state index contributed by atoms with van der Waals surface area (Å²) in [5.74, 6) is 0.610. The zero-order chi connectivity index (χ0) is 24.9. The summed E-state index contributed by atoms with van der Waals surface area (Å²) in [6.07, 6.45) is -0.823. The summed E-state index contributed by atoms with van der Waals surface area (Å²) in [5, 5.41) is 14.2. The van der Waals surface area contributed by atoms with E-state index in [0.29, 0.717) is 12.4 Å². The molecule has 36 heavy (non-hydrogen) atoms. The van der Waals surface area contributed by atoms with Crippen molar-refractivity contribution in [1.82, 2.24) is 24.9 Å². The van der Waals surface area contributed by atoms with Gasteiger partial charge in [-0.1, -0.05) is 30.3 Å². The number of hydrogen-bond acceptors (Lipinski definition) is 8. The minimum absolute atomic E-state index is 0.202. The molecule has 2 saturated heterocycles. The van der Waals surface area contributed by atoms with Crippen LogP contribution in [-0.4, -0.2) is 74.2 Å². The van der Waals surface area contributed by atoms with Gasteiger partial charge in [-0.3, -0.25) is 0 Å². The van der Waals surface area contributed by atoms with Gasteiger partial charge in [0.25, 0.3) is 0 Å². The molecule has 0 bridgehead atoms. The summed E-state index contributed by atoms with van der Waals surface area (Å²) in [6.45, 7) is 0.519. The van der Waals surface area contributed by atoms with Crippen LogP contribution in [0.15, 0.2) is 71.6 Å². The number of anilines is 1. The molecule has 4 atom stereocenters. The van der Waals surface area contributed by atoms with Crippen LogP contribution < -0.4 is 9.62 Å². The third-order valence-electron chi connectivity index (χ3n) is 6.81. The molecule has 3 aromatic carbocycles. The molecule has 4 unspecified atom stereocenters. The molecule has 0 radical (unpaired) electrons. The molecule has 186 valence electrons. The molecule has 10 nitrogen and oxygen atoms in total. The molecule has 11 heteroatoms. The monoisotopic (exact) mass is 506 g/mol. The van der Waals surface area contributed by atoms with Crippen LogP contribution in [0.5, 0.6) is 0 Å². The molecule has 6 rings (SSSR count). The number of tetrazole rings is 1. The summed E-state index contributed by atoms with van der Waals surface area (Å²) in [6, 6.07) is 19.9. The van der Waals surface area contributed by atoms with E-state index in [0.717, 1.165) is 22.0 Å². The Bertz CT molecular complexity index is 1500. The quantitative estimate of drug-likeness (QED) is 0.424. The molecule has 0 spiro atoms. The Morgan fingerprint density at radius 1 is 0.944 bits per heavy atom. The maximum absolute atomic E-state index is 13.2. The fraction of sp³-hybridized carbons (Fsp3) is 0.320. The molecular weight excluding hydrogens is 480 g/mol. The Balaban J connectivity index is 1.21. The highest BCUT2D eigenvalue weighted by Gasteiger charge is 2.50. The van der Waals surface area contributed by atoms with Crippen molar-refractivity contribution in [2.75, 3.05) is 32.2 Å². The normalized spacial score (nSPS) is 23.7. The zero-order valence-electron chi connectivity index (χ0n) is 19.9. The van der Waals surface area contributed by atoms with E-state index in [1.54, 1.807) is 16.8 Å². The van der Waals surface area contributed by atoms with Crippen molar-refractivity contribution in [3.8, 4) is 11.4 Å². The first-order chi connectivity index (χ1) is 17.4. The summed E-state index contributed by atoms with van der Waals surface area (Å²) < 4.78 is 43.0. The average molecular weight is 507 g/mol. The van der Waals surface area contributed by atoms with E-state index in [4.69, 9.17) is 9.47 Å². The molecule has 0 amide bonds. The van der Waals surface area contributed by atoms with Crippen LogP contribution in [0.25, 0.3) is 22.2 Å². The Hall–Kier alpha value is -3.38. The SMILES string of the molecule is CN(C)c1ccc(-c2nnnn2C2COC3C(NS(=O)(=O)c4ccc5ccccc5c4)COC32)cc1. The maximum Gasteiger partial charge on any atom is 0.241 e. The van der Waals surface area contributed by atoms with Gasteiger partial charge in [0.2, 0.25) is 10.0 Å². The van der Waals surface area contributed by atoms with Crippen LogP contribution in [0, 0.1) is 0 Å². The molecule has 3 heterocycles. The number of ether oxygens (including phenoxy) is 2. The summed E-state index contributed by atoms with van der Waals surface area (Å²) >= 11 is 0. The van der Waals surface area contributed by atoms with Crippen molar-refractivity contribution in [2.45, 2.75) is 29.2 Å². The average Bonchev–Trinajstić information content (AvgIpc) is 3.61. The van der Waals surface area contributed by atoms with Crippen molar-refractivity contribution in [3.63, 3.8) is 0 Å². The van der Waals surface area contributed by atoms with Crippen LogP contribution >= 0.6 is 0 Å². The van der Waals surface area contributed by atoms with Gasteiger partial charge in [0.15, 0.2) is 5.82 Å². The number of nitrogens with one attached hydrogen (secondary N) is 1. The van der Waals surface area contributed by atoms with Crippen LogP contribution in [0.2, 0.25) is 0 Å². The van der Waals surface area contributed by atoms with Gasteiger partial charge in [0.1, 0.15) is 18.2 Å². The second-order valence-corrected chi connectivity index (χ2v) is 11.0. The van der Waals surface area contributed by atoms with Crippen molar-refractivity contribution < 1.29 is 17.9 Å². The van der Waals surface area contributed by atoms with Gasteiger partial charge in [0, 0.05) is 25.3 Å². The summed E-state index contributed by atoms with van der Waals surface area (Å²) in [5.41, 5.74) is 1.95. The van der Waals surface area contributed by atoms with Crippen LogP contribution in [0.3, 0.4) is 0 Å². The lowest BCUT2D eigenvalue weighted by atomic mass is 10.1. The first-order valence-electron chi connectivity index (χ1n) is 11.7. The Morgan fingerprint density at radius 3 is 2.47 bits per heavy atom. The van der Waals surface area contributed by atoms with Crippen molar-refractivity contribution >= 4 is 26.5 Å². The number of fused-ring (bicyclic) bond motifs is 2. The molecule has 0 aliphatic carbocycles. The molecule has 0 saturated carbocycles. The largest absolute Gasteiger partial charge is 0.378 e. The second kappa shape index (κ2) is 8.93. The lowest BCUT2D eigenvalue weighted by Gasteiger charge is -2.18. The third kappa shape index (κ3) is 4.03. The minimum Gasteiger partial charge on any atom is -0.378 e. The summed E-state index contributed by atoms with van der Waals surface area (Å²) in [4.78, 5) is 2.23. The lowest BCUT2D eigenvalue weighted by molar-refractivity contribution is 0.0626. The van der Waals surface area contributed by atoms with Crippen LogP contribution in [0.4, 0.5) is 5.69 Å². The highest BCUT2D eigenvalue weighted by atomic mass is 32.2. The van der Waals surface area contributed by atoms with Crippen LogP contribution in [0.1, 0.15) is 6.04 Å². The van der Waals surface area contributed by atoms with Crippen molar-refractivity contribution in [1.29, 1.82) is 0 Å². The van der Waals surface area contributed by atoms with Gasteiger partial charge in [-0.05, 0) is 57.6 Å². The number of hydrogen-bond donors (Lipinski definition) is 1. The molecule has 1 aromatic heterocycles. The van der Waals surface area contributed by atoms with E-state index >= 15 is 0 Å². The molecule has 2 aliphatic heterocycles. The molecule has 2 fully saturated rings. The number of nitrogens with zero attached hydrogens (tertiary/aromatic N) is 5. The van der Waals surface area contributed by atoms with Gasteiger partial charge < -0.3 is 14.4 Å². The maximum atomic E-state index is 13.2. The van der Waals surface area contributed by atoms with Crippen molar-refractivity contribution in [3.05, 3.63) is 66.7 Å². The van der Waals surface area contributed by atoms with Crippen molar-refractivity contribution in [2.24, 2.45) is 0 Å². The Morgan fingerprint density at radius 2 is 1.69 bits per heavy atom. The number of rotatable bonds is 6. The van der Waals surface area contributed by atoms with Gasteiger partial charge in [-0.25, -0.2) is 17.8 Å². The minimum atomic E-state index is -3.77. The van der Waals surface area contributed by atoms with Crippen LogP contribution in [-0.2, 0) is 19.5 Å². The highest BCUT2D eigenvalue weighted by Crippen LogP contribution is 2.36. The fourth-order valence-corrected chi connectivity index (χ4v) is 6.17. The van der Waals surface area contributed by atoms with E-state index in [1.807, 2.05) is 73.6 Å². The standard InChI is InChI=1S/C25H26N6O4S/c1-30(2)19-10-7-17(8-11-19)25-26-28-29-31(25)22-15-35-23-21(14-34-24(22)23)27-36(32,33)20-12-9-16-5-3-4-6-18(16)13-20/h3-13,21-24,27H,14-15H2,1-2H3. The number of sulfonamides is 1. The molecule has 1 N–H and O–H groups in total. The Kier molecular flexibility index (Phi) is 5.72. The predicted octanol–water partition coefficient (Wildman–Crippen LogP) is 2.25. The zero-order valence-corrected chi connectivity index (χ0v) is 20.7. The van der Waals surface area contributed by atoms with Gasteiger partial charge in [-0.15, -0.1) is 5.10 Å². The van der Waals surface area contributed by atoms with Gasteiger partial charge in [0.05, 0.1) is 24.2 Å². The number of aromatic nitrogens is 4. The first-order valence-corrected chi connectivity index (χ1v) is 13.2. The lowest BCUT2D eigenvalue weighted by Crippen LogP contribution is -2.44. The first kappa shape index (κ1) is 23.0. The number of benzene rings is 3. The van der Waals surface area contributed by atoms with E-state index in [1.165, 1.54) is 0 Å². The second-order valence-electron chi connectivity index (χ2n) is 9.29. The highest BCUT2D eigenvalue weighted by molar-refractivity contribution is 7.89.